The fourth-order valence-electron chi connectivity index (χ4n) is 2.49. The molecule has 0 amide bonds. The van der Waals surface area contributed by atoms with Crippen LogP contribution in [0.25, 0.3) is 11.8 Å². The topological polar surface area (TPSA) is 108 Å². The smallest absolute Gasteiger partial charge is 0.305 e. The zero-order valence-electron chi connectivity index (χ0n) is 14.6. The maximum absolute atomic E-state index is 10.6. The Hall–Kier alpha value is -2.22. The molecular weight excluding hydrogens is 358 g/mol. The Bertz CT molecular complexity index is 771. The molecule has 0 saturated carbocycles. The van der Waals surface area contributed by atoms with Gasteiger partial charge in [0.25, 0.3) is 0 Å². The van der Waals surface area contributed by atoms with Gasteiger partial charge in [-0.15, -0.1) is 5.10 Å². The summed E-state index contributed by atoms with van der Waals surface area (Å²) in [7, 11) is 0. The van der Waals surface area contributed by atoms with E-state index in [1.807, 2.05) is 26.0 Å². The van der Waals surface area contributed by atoms with Crippen molar-refractivity contribution >= 4 is 23.6 Å². The summed E-state index contributed by atoms with van der Waals surface area (Å²) >= 11 is 5.92. The van der Waals surface area contributed by atoms with E-state index in [2.05, 4.69) is 10.3 Å². The van der Waals surface area contributed by atoms with Gasteiger partial charge in [-0.3, -0.25) is 4.79 Å². The molecule has 26 heavy (non-hydrogen) atoms. The molecular formula is C18H22ClN3O4. The first-order valence-corrected chi connectivity index (χ1v) is 8.63. The molecule has 7 nitrogen and oxygen atoms in total. The lowest BCUT2D eigenvalue weighted by Gasteiger charge is -2.11. The van der Waals surface area contributed by atoms with Crippen molar-refractivity contribution in [1.82, 2.24) is 15.0 Å². The minimum atomic E-state index is -1.11. The molecule has 1 heterocycles. The fraction of sp³-hybridized carbons (Fsp3) is 0.389. The summed E-state index contributed by atoms with van der Waals surface area (Å²) in [6.45, 7) is 3.97. The average molecular weight is 380 g/mol. The van der Waals surface area contributed by atoms with Gasteiger partial charge in [0.2, 0.25) is 0 Å². The van der Waals surface area contributed by atoms with Crippen LogP contribution in [0, 0.1) is 0 Å². The molecule has 2 rings (SSSR count). The van der Waals surface area contributed by atoms with Crippen molar-refractivity contribution in [2.45, 2.75) is 44.8 Å². The summed E-state index contributed by atoms with van der Waals surface area (Å²) < 4.78 is 1.64. The molecule has 2 aromatic rings. The number of hydrogen-bond donors (Lipinski definition) is 3. The Morgan fingerprint density at radius 3 is 2.50 bits per heavy atom. The van der Waals surface area contributed by atoms with Crippen LogP contribution in [0.2, 0.25) is 5.02 Å². The van der Waals surface area contributed by atoms with Crippen molar-refractivity contribution in [1.29, 1.82) is 0 Å². The van der Waals surface area contributed by atoms with Crippen LogP contribution < -0.4 is 0 Å². The Morgan fingerprint density at radius 2 is 1.92 bits per heavy atom. The van der Waals surface area contributed by atoms with E-state index in [4.69, 9.17) is 16.7 Å². The van der Waals surface area contributed by atoms with Crippen LogP contribution in [0.15, 0.2) is 30.3 Å². The van der Waals surface area contributed by atoms with E-state index in [1.165, 1.54) is 6.08 Å². The van der Waals surface area contributed by atoms with E-state index in [1.54, 1.807) is 22.9 Å². The second kappa shape index (κ2) is 8.93. The molecule has 1 aromatic carbocycles. The lowest BCUT2D eigenvalue weighted by Crippen LogP contribution is -2.19. The van der Waals surface area contributed by atoms with Gasteiger partial charge in [-0.2, -0.15) is 0 Å². The van der Waals surface area contributed by atoms with Crippen molar-refractivity contribution in [3.8, 4) is 5.69 Å². The molecule has 0 bridgehead atoms. The van der Waals surface area contributed by atoms with Gasteiger partial charge in [0.05, 0.1) is 35.7 Å². The molecule has 3 N–H and O–H groups in total. The number of carbonyl (C=O) groups is 1. The summed E-state index contributed by atoms with van der Waals surface area (Å²) in [5, 5.41) is 37.4. The summed E-state index contributed by atoms with van der Waals surface area (Å²) in [5.41, 5.74) is 2.23. The predicted molar refractivity (Wildman–Crippen MR) is 98.4 cm³/mol. The Kier molecular flexibility index (Phi) is 6.90. The van der Waals surface area contributed by atoms with Crippen LogP contribution in [-0.4, -0.2) is 48.5 Å². The van der Waals surface area contributed by atoms with Crippen LogP contribution in [-0.2, 0) is 4.79 Å². The standard InChI is InChI=1S/C18H22ClN3O4/c1-11(2)18-16(8-7-14(23)9-15(24)10-17(25)26)22(21-20-18)13-5-3-12(19)4-6-13/h3-8,11,14-15,23-24H,9-10H2,1-2H3,(H,25,26)/b8-7+. The number of halogens is 1. The third kappa shape index (κ3) is 5.39. The lowest BCUT2D eigenvalue weighted by molar-refractivity contribution is -0.139. The number of aliphatic carboxylic acids is 1. The number of aliphatic hydroxyl groups excluding tert-OH is 2. The molecule has 0 aliphatic heterocycles. The van der Waals surface area contributed by atoms with E-state index in [0.717, 1.165) is 11.4 Å². The van der Waals surface area contributed by atoms with Gasteiger partial charge in [0.15, 0.2) is 0 Å². The molecule has 0 fully saturated rings. The second-order valence-corrected chi connectivity index (χ2v) is 6.75. The fourth-order valence-corrected chi connectivity index (χ4v) is 2.61. The van der Waals surface area contributed by atoms with Crippen molar-refractivity contribution in [2.24, 2.45) is 0 Å². The highest BCUT2D eigenvalue weighted by Crippen LogP contribution is 2.22. The van der Waals surface area contributed by atoms with Gasteiger partial charge in [-0.05, 0) is 36.3 Å². The number of carboxylic acid groups (broad SMARTS) is 1. The summed E-state index contributed by atoms with van der Waals surface area (Å²) in [6, 6.07) is 7.12. The van der Waals surface area contributed by atoms with Crippen molar-refractivity contribution in [3.05, 3.63) is 46.8 Å². The normalized spacial score (nSPS) is 14.1. The van der Waals surface area contributed by atoms with Crippen molar-refractivity contribution in [3.63, 3.8) is 0 Å². The maximum Gasteiger partial charge on any atom is 0.305 e. The van der Waals surface area contributed by atoms with E-state index in [0.29, 0.717) is 10.7 Å². The number of benzene rings is 1. The number of carboxylic acids is 1. The van der Waals surface area contributed by atoms with Gasteiger partial charge in [-0.25, -0.2) is 4.68 Å². The Balaban J connectivity index is 2.25. The molecule has 0 aliphatic carbocycles. The molecule has 0 aliphatic rings. The van der Waals surface area contributed by atoms with Gasteiger partial charge in [0, 0.05) is 11.4 Å². The lowest BCUT2D eigenvalue weighted by atomic mass is 10.1. The van der Waals surface area contributed by atoms with E-state index in [-0.39, 0.29) is 12.3 Å². The Morgan fingerprint density at radius 1 is 1.27 bits per heavy atom. The molecule has 2 atom stereocenters. The molecule has 0 saturated heterocycles. The van der Waals surface area contributed by atoms with Crippen LogP contribution in [0.1, 0.15) is 44.0 Å². The predicted octanol–water partition coefficient (Wildman–Crippen LogP) is 2.64. The van der Waals surface area contributed by atoms with Crippen LogP contribution in [0.5, 0.6) is 0 Å². The number of hydrogen-bond acceptors (Lipinski definition) is 5. The van der Waals surface area contributed by atoms with Gasteiger partial charge in [-0.1, -0.05) is 36.7 Å². The number of aliphatic hydroxyl groups is 2. The third-order valence-corrected chi connectivity index (χ3v) is 4.00. The average Bonchev–Trinajstić information content (AvgIpc) is 2.96. The minimum absolute atomic E-state index is 0.0671. The molecule has 1 aromatic heterocycles. The first kappa shape index (κ1) is 20.1. The van der Waals surface area contributed by atoms with Gasteiger partial charge >= 0.3 is 5.97 Å². The van der Waals surface area contributed by atoms with Crippen molar-refractivity contribution < 1.29 is 20.1 Å². The van der Waals surface area contributed by atoms with E-state index < -0.39 is 24.6 Å². The van der Waals surface area contributed by atoms with E-state index >= 15 is 0 Å². The van der Waals surface area contributed by atoms with Crippen LogP contribution >= 0.6 is 11.6 Å². The second-order valence-electron chi connectivity index (χ2n) is 6.32. The molecule has 140 valence electrons. The summed E-state index contributed by atoms with van der Waals surface area (Å²) in [5.74, 6) is -0.994. The number of aromatic nitrogens is 3. The molecule has 2 unspecified atom stereocenters. The molecule has 0 spiro atoms. The molecule has 8 heteroatoms. The van der Waals surface area contributed by atoms with E-state index in [9.17, 15) is 15.0 Å². The maximum atomic E-state index is 10.6. The third-order valence-electron chi connectivity index (χ3n) is 3.75. The number of nitrogens with zero attached hydrogens (tertiary/aromatic N) is 3. The SMILES string of the molecule is CC(C)c1nnn(-c2ccc(Cl)cc2)c1/C=C/C(O)CC(O)CC(=O)O. The molecule has 0 radical (unpaired) electrons. The van der Waals surface area contributed by atoms with Crippen LogP contribution in [0.3, 0.4) is 0 Å². The van der Waals surface area contributed by atoms with Crippen LogP contribution in [0.4, 0.5) is 0 Å². The quantitative estimate of drug-likeness (QED) is 0.650. The highest BCUT2D eigenvalue weighted by Gasteiger charge is 2.17. The summed E-state index contributed by atoms with van der Waals surface area (Å²) in [6.07, 6.45) is 0.604. The monoisotopic (exact) mass is 379 g/mol. The van der Waals surface area contributed by atoms with Gasteiger partial charge < -0.3 is 15.3 Å². The number of rotatable bonds is 8. The highest BCUT2D eigenvalue weighted by atomic mass is 35.5. The van der Waals surface area contributed by atoms with Crippen molar-refractivity contribution in [2.75, 3.05) is 0 Å². The first-order valence-electron chi connectivity index (χ1n) is 8.25. The largest absolute Gasteiger partial charge is 0.481 e. The minimum Gasteiger partial charge on any atom is -0.481 e. The Labute approximate surface area is 156 Å². The highest BCUT2D eigenvalue weighted by molar-refractivity contribution is 6.30. The zero-order chi connectivity index (χ0) is 19.3. The summed E-state index contributed by atoms with van der Waals surface area (Å²) in [4.78, 5) is 10.6. The zero-order valence-corrected chi connectivity index (χ0v) is 15.3. The first-order chi connectivity index (χ1) is 12.3. The van der Waals surface area contributed by atoms with Gasteiger partial charge in [0.1, 0.15) is 0 Å².